The summed E-state index contributed by atoms with van der Waals surface area (Å²) in [4.78, 5) is 11.0. The summed E-state index contributed by atoms with van der Waals surface area (Å²) in [6.45, 7) is 3.07. The number of nitrogens with zero attached hydrogens (tertiary/aromatic N) is 8. The summed E-state index contributed by atoms with van der Waals surface area (Å²) in [6, 6.07) is 2.76. The Labute approximate surface area is 214 Å². The zero-order chi connectivity index (χ0) is 26.6. The second kappa shape index (κ2) is 9.31. The zero-order valence-electron chi connectivity index (χ0n) is 20.7. The van der Waals surface area contributed by atoms with Crippen LogP contribution in [0.4, 0.5) is 29.3 Å². The van der Waals surface area contributed by atoms with Gasteiger partial charge in [0.15, 0.2) is 17.3 Å². The second-order valence-electron chi connectivity index (χ2n) is 9.81. The molecule has 202 valence electrons. The number of likely N-dealkylation sites (tertiary alicyclic amines) is 1. The minimum atomic E-state index is -2.65. The maximum atomic E-state index is 15.6. The lowest BCUT2D eigenvalue weighted by atomic mass is 9.89. The highest BCUT2D eigenvalue weighted by Crippen LogP contribution is 2.34. The fourth-order valence-electron chi connectivity index (χ4n) is 5.09. The van der Waals surface area contributed by atoms with E-state index < -0.39 is 30.5 Å². The summed E-state index contributed by atoms with van der Waals surface area (Å²) in [7, 11) is 1.62. The summed E-state index contributed by atoms with van der Waals surface area (Å²) in [5, 5.41) is 18.0. The molecule has 6 heterocycles. The van der Waals surface area contributed by atoms with Crippen LogP contribution in [0.25, 0.3) is 27.9 Å². The molecule has 2 aliphatic heterocycles. The quantitative estimate of drug-likeness (QED) is 0.346. The number of hydrogen-bond acceptors (Lipinski definition) is 9. The van der Waals surface area contributed by atoms with Crippen LogP contribution in [0, 0.1) is 5.82 Å². The lowest BCUT2D eigenvalue weighted by Crippen LogP contribution is -2.61. The van der Waals surface area contributed by atoms with Crippen molar-refractivity contribution in [3.05, 3.63) is 24.1 Å². The lowest BCUT2D eigenvalue weighted by Gasteiger charge is -2.46. The van der Waals surface area contributed by atoms with E-state index >= 15 is 8.78 Å². The van der Waals surface area contributed by atoms with Crippen LogP contribution >= 0.6 is 0 Å². The Bertz CT molecular complexity index is 1480. The molecule has 0 aromatic carbocycles. The maximum absolute atomic E-state index is 15.6. The van der Waals surface area contributed by atoms with Gasteiger partial charge in [0.2, 0.25) is 5.95 Å². The molecule has 2 atom stereocenters. The predicted octanol–water partition coefficient (Wildman–Crippen LogP) is 2.60. The summed E-state index contributed by atoms with van der Waals surface area (Å²) in [6.07, 6.45) is -0.944. The molecule has 2 aliphatic rings. The van der Waals surface area contributed by atoms with Gasteiger partial charge >= 0.3 is 0 Å². The van der Waals surface area contributed by atoms with Gasteiger partial charge in [-0.1, -0.05) is 5.21 Å². The van der Waals surface area contributed by atoms with Crippen molar-refractivity contribution in [2.45, 2.75) is 44.1 Å². The van der Waals surface area contributed by atoms with Gasteiger partial charge in [-0.15, -0.1) is 10.2 Å². The van der Waals surface area contributed by atoms with Crippen LogP contribution in [0.15, 0.2) is 18.3 Å². The highest BCUT2D eigenvalue weighted by molar-refractivity contribution is 5.89. The molecule has 15 heteroatoms. The van der Waals surface area contributed by atoms with Crippen molar-refractivity contribution in [2.75, 3.05) is 44.0 Å². The number of pyridine rings is 1. The van der Waals surface area contributed by atoms with Crippen LogP contribution in [0.3, 0.4) is 0 Å². The molecule has 0 amide bonds. The van der Waals surface area contributed by atoms with E-state index in [9.17, 15) is 8.78 Å². The summed E-state index contributed by atoms with van der Waals surface area (Å²) in [5.74, 6) is -0.216. The van der Waals surface area contributed by atoms with E-state index in [-0.39, 0.29) is 46.8 Å². The first-order valence-corrected chi connectivity index (χ1v) is 12.3. The topological polar surface area (TPSA) is 110 Å². The molecule has 38 heavy (non-hydrogen) atoms. The summed E-state index contributed by atoms with van der Waals surface area (Å²) < 4.78 is 64.4. The van der Waals surface area contributed by atoms with Gasteiger partial charge in [0.25, 0.3) is 6.43 Å². The molecular formula is C23H26F4N10O. The average molecular weight is 535 g/mol. The third kappa shape index (κ3) is 4.28. The van der Waals surface area contributed by atoms with E-state index in [0.29, 0.717) is 31.7 Å². The molecule has 11 nitrogen and oxygen atoms in total. The number of halogens is 4. The highest BCUT2D eigenvalue weighted by atomic mass is 19.3. The average Bonchev–Trinajstić information content (AvgIpc) is 3.37. The Morgan fingerprint density at radius 1 is 1.24 bits per heavy atom. The van der Waals surface area contributed by atoms with Crippen molar-refractivity contribution in [3.8, 4) is 11.3 Å². The highest BCUT2D eigenvalue weighted by Gasteiger charge is 2.43. The van der Waals surface area contributed by atoms with E-state index in [4.69, 9.17) is 4.74 Å². The Kier molecular flexibility index (Phi) is 6.06. The predicted molar refractivity (Wildman–Crippen MR) is 131 cm³/mol. The van der Waals surface area contributed by atoms with Gasteiger partial charge in [0.05, 0.1) is 42.8 Å². The number of nitrogens with one attached hydrogen (secondary N) is 2. The fourth-order valence-corrected chi connectivity index (χ4v) is 5.09. The summed E-state index contributed by atoms with van der Waals surface area (Å²) in [5.41, 5.74) is -0.584. The first kappa shape index (κ1) is 24.7. The standard InChI is InChI=1S/C23H26F4N10O/c1-23(27)11-35(12-9-38-10-12)6-5-16(23)30-22-31-20(28-2)19-18(13(24)7-36(19)33-22)14-3-4-15-21(29-14)37(34-32-15)8-17(25)26/h3-4,7,12,16-17H,5-6,8-11H2,1-2H3,(H2,28,30,31,33). The number of anilines is 2. The Morgan fingerprint density at radius 3 is 2.74 bits per heavy atom. The number of ether oxygens (including phenoxy) is 1. The van der Waals surface area contributed by atoms with Gasteiger partial charge in [-0.3, -0.25) is 4.90 Å². The second-order valence-corrected chi connectivity index (χ2v) is 9.81. The molecule has 0 aliphatic carbocycles. The maximum Gasteiger partial charge on any atom is 0.258 e. The van der Waals surface area contributed by atoms with Crippen molar-refractivity contribution in [3.63, 3.8) is 0 Å². The van der Waals surface area contributed by atoms with Crippen molar-refractivity contribution < 1.29 is 22.3 Å². The monoisotopic (exact) mass is 534 g/mol. The number of piperidine rings is 1. The van der Waals surface area contributed by atoms with Gasteiger partial charge in [-0.25, -0.2) is 31.7 Å². The zero-order valence-corrected chi connectivity index (χ0v) is 20.7. The molecular weight excluding hydrogens is 508 g/mol. The minimum absolute atomic E-state index is 0.0824. The third-order valence-corrected chi connectivity index (χ3v) is 7.13. The van der Waals surface area contributed by atoms with E-state index in [1.165, 1.54) is 22.8 Å². The van der Waals surface area contributed by atoms with Crippen LogP contribution in [0.2, 0.25) is 0 Å². The first-order chi connectivity index (χ1) is 18.2. The van der Waals surface area contributed by atoms with E-state index in [2.05, 4.69) is 40.9 Å². The number of aromatic nitrogens is 7. The van der Waals surface area contributed by atoms with Gasteiger partial charge in [-0.05, 0) is 25.5 Å². The van der Waals surface area contributed by atoms with Gasteiger partial charge in [0, 0.05) is 20.1 Å². The molecule has 4 aromatic rings. The molecule has 2 fully saturated rings. The molecule has 2 saturated heterocycles. The lowest BCUT2D eigenvalue weighted by molar-refractivity contribution is -0.0924. The Balaban J connectivity index is 1.33. The fraction of sp³-hybridized carbons (Fsp3) is 0.522. The molecule has 4 aromatic heterocycles. The SMILES string of the molecule is CNc1nc(NC2CCN(C3COC3)CC2(C)F)nn2cc(F)c(-c3ccc4nnn(CC(F)F)c4n3)c12. The molecule has 6 rings (SSSR count). The molecule has 0 saturated carbocycles. The number of alkyl halides is 3. The van der Waals surface area contributed by atoms with Crippen molar-refractivity contribution in [1.82, 2.24) is 39.5 Å². The summed E-state index contributed by atoms with van der Waals surface area (Å²) >= 11 is 0. The van der Waals surface area contributed by atoms with E-state index in [0.717, 1.165) is 4.68 Å². The Hall–Kier alpha value is -3.59. The number of hydrogen-bond donors (Lipinski definition) is 2. The van der Waals surface area contributed by atoms with Crippen LogP contribution in [0.1, 0.15) is 13.3 Å². The first-order valence-electron chi connectivity index (χ1n) is 12.3. The van der Waals surface area contributed by atoms with Crippen LogP contribution < -0.4 is 10.6 Å². The normalized spacial score (nSPS) is 22.9. The van der Waals surface area contributed by atoms with Crippen LogP contribution in [-0.2, 0) is 11.3 Å². The Morgan fingerprint density at radius 2 is 2.05 bits per heavy atom. The van der Waals surface area contributed by atoms with Crippen LogP contribution in [0.5, 0.6) is 0 Å². The molecule has 0 spiro atoms. The third-order valence-electron chi connectivity index (χ3n) is 7.13. The smallest absolute Gasteiger partial charge is 0.258 e. The van der Waals surface area contributed by atoms with Gasteiger partial charge in [0.1, 0.15) is 23.2 Å². The molecule has 0 bridgehead atoms. The van der Waals surface area contributed by atoms with Crippen molar-refractivity contribution >= 4 is 28.4 Å². The molecule has 2 N–H and O–H groups in total. The molecule has 0 radical (unpaired) electrons. The largest absolute Gasteiger partial charge is 0.378 e. The van der Waals surface area contributed by atoms with Crippen LogP contribution in [-0.4, -0.2) is 97.0 Å². The van der Waals surface area contributed by atoms with Crippen molar-refractivity contribution in [2.24, 2.45) is 0 Å². The van der Waals surface area contributed by atoms with Crippen molar-refractivity contribution in [1.29, 1.82) is 0 Å². The van der Waals surface area contributed by atoms with Gasteiger partial charge < -0.3 is 15.4 Å². The van der Waals surface area contributed by atoms with Gasteiger partial charge in [-0.2, -0.15) is 4.98 Å². The number of rotatable bonds is 7. The van der Waals surface area contributed by atoms with E-state index in [1.54, 1.807) is 14.0 Å². The minimum Gasteiger partial charge on any atom is -0.378 e. The molecule has 2 unspecified atom stereocenters. The van der Waals surface area contributed by atoms with E-state index in [1.807, 2.05) is 0 Å². The number of fused-ring (bicyclic) bond motifs is 2.